The van der Waals surface area contributed by atoms with Crippen molar-refractivity contribution in [2.45, 2.75) is 20.3 Å². The number of carboxylic acids is 1. The van der Waals surface area contributed by atoms with Gasteiger partial charge in [0, 0.05) is 0 Å². The summed E-state index contributed by atoms with van der Waals surface area (Å²) in [4.78, 5) is 34.7. The van der Waals surface area contributed by atoms with Gasteiger partial charge in [0.15, 0.2) is 0 Å². The van der Waals surface area contributed by atoms with Gasteiger partial charge < -0.3 is 14.6 Å². The van der Waals surface area contributed by atoms with Crippen molar-refractivity contribution < 1.29 is 29.0 Å². The van der Waals surface area contributed by atoms with Crippen LogP contribution in [-0.4, -0.2) is 36.7 Å². The predicted octanol–water partition coefficient (Wildman–Crippen LogP) is 2.13. The molecule has 0 bridgehead atoms. The molecule has 0 saturated heterocycles. The Morgan fingerprint density at radius 1 is 1.19 bits per heavy atom. The molecule has 0 aliphatic carbocycles. The lowest BCUT2D eigenvalue weighted by atomic mass is 9.89. The van der Waals surface area contributed by atoms with Gasteiger partial charge in [0.2, 0.25) is 0 Å². The summed E-state index contributed by atoms with van der Waals surface area (Å²) in [5.74, 6) is -2.48. The number of methoxy groups -OCH3 is 1. The van der Waals surface area contributed by atoms with Crippen LogP contribution >= 0.6 is 0 Å². The third-order valence-corrected chi connectivity index (χ3v) is 3.36. The lowest BCUT2D eigenvalue weighted by Gasteiger charge is -2.24. The second-order valence-electron chi connectivity index (χ2n) is 4.83. The van der Waals surface area contributed by atoms with Crippen molar-refractivity contribution in [3.05, 3.63) is 35.4 Å². The van der Waals surface area contributed by atoms with E-state index < -0.39 is 23.3 Å². The fraction of sp³-hybridized carbons (Fsp3) is 0.400. The first-order valence-corrected chi connectivity index (χ1v) is 6.43. The van der Waals surface area contributed by atoms with E-state index in [9.17, 15) is 14.4 Å². The first-order valence-electron chi connectivity index (χ1n) is 6.43. The van der Waals surface area contributed by atoms with E-state index >= 15 is 0 Å². The van der Waals surface area contributed by atoms with Gasteiger partial charge in [-0.1, -0.05) is 19.1 Å². The highest BCUT2D eigenvalue weighted by Crippen LogP contribution is 2.24. The number of rotatable bonds is 6. The molecule has 0 heterocycles. The van der Waals surface area contributed by atoms with Crippen LogP contribution in [0.25, 0.3) is 0 Å². The Hall–Kier alpha value is -2.37. The second-order valence-corrected chi connectivity index (χ2v) is 4.83. The third kappa shape index (κ3) is 3.81. The SMILES string of the molecule is CCC(C)(COC(=O)c1ccccc1C(=O)O)C(=O)OC. The van der Waals surface area contributed by atoms with E-state index in [0.717, 1.165) is 0 Å². The molecule has 0 aliphatic rings. The van der Waals surface area contributed by atoms with Crippen LogP contribution in [0.15, 0.2) is 24.3 Å². The predicted molar refractivity (Wildman–Crippen MR) is 74.1 cm³/mol. The number of hydrogen-bond acceptors (Lipinski definition) is 5. The van der Waals surface area contributed by atoms with Crippen molar-refractivity contribution in [3.63, 3.8) is 0 Å². The Labute approximate surface area is 122 Å². The summed E-state index contributed by atoms with van der Waals surface area (Å²) in [5, 5.41) is 9.03. The summed E-state index contributed by atoms with van der Waals surface area (Å²) >= 11 is 0. The standard InChI is InChI=1S/C15H18O6/c1-4-15(2,14(19)20-3)9-21-13(18)11-8-6-5-7-10(11)12(16)17/h5-8H,4,9H2,1-3H3,(H,16,17). The Morgan fingerprint density at radius 2 is 1.76 bits per heavy atom. The number of carbonyl (C=O) groups excluding carboxylic acids is 2. The van der Waals surface area contributed by atoms with Gasteiger partial charge in [-0.3, -0.25) is 4.79 Å². The van der Waals surface area contributed by atoms with Gasteiger partial charge in [0.1, 0.15) is 6.61 Å². The first-order chi connectivity index (χ1) is 9.85. The minimum Gasteiger partial charge on any atom is -0.478 e. The number of benzene rings is 1. The summed E-state index contributed by atoms with van der Waals surface area (Å²) < 4.78 is 9.78. The van der Waals surface area contributed by atoms with E-state index in [2.05, 4.69) is 4.74 Å². The van der Waals surface area contributed by atoms with Gasteiger partial charge in [-0.05, 0) is 25.5 Å². The van der Waals surface area contributed by atoms with E-state index in [1.165, 1.54) is 25.3 Å². The Morgan fingerprint density at radius 3 is 2.24 bits per heavy atom. The maximum atomic E-state index is 12.0. The van der Waals surface area contributed by atoms with E-state index in [0.29, 0.717) is 6.42 Å². The molecule has 0 amide bonds. The molecule has 0 aliphatic heterocycles. The summed E-state index contributed by atoms with van der Waals surface area (Å²) in [6, 6.07) is 5.75. The number of aromatic carboxylic acids is 1. The molecule has 0 spiro atoms. The van der Waals surface area contributed by atoms with Crippen molar-refractivity contribution in [2.24, 2.45) is 5.41 Å². The normalized spacial score (nSPS) is 13.1. The van der Waals surface area contributed by atoms with Gasteiger partial charge in [-0.15, -0.1) is 0 Å². The first kappa shape index (κ1) is 16.7. The maximum absolute atomic E-state index is 12.0. The number of ether oxygens (including phenoxy) is 2. The maximum Gasteiger partial charge on any atom is 0.339 e. The van der Waals surface area contributed by atoms with Crippen LogP contribution in [-0.2, 0) is 14.3 Å². The molecule has 0 aromatic heterocycles. The minimum atomic E-state index is -1.21. The third-order valence-electron chi connectivity index (χ3n) is 3.36. The largest absolute Gasteiger partial charge is 0.478 e. The molecule has 1 N–H and O–H groups in total. The Bertz CT molecular complexity index is 551. The van der Waals surface area contributed by atoms with E-state index in [-0.39, 0.29) is 17.7 Å². The fourth-order valence-corrected chi connectivity index (χ4v) is 1.70. The zero-order chi connectivity index (χ0) is 16.0. The highest BCUT2D eigenvalue weighted by atomic mass is 16.5. The number of carboxylic acid groups (broad SMARTS) is 1. The van der Waals surface area contributed by atoms with Crippen LogP contribution in [0.4, 0.5) is 0 Å². The van der Waals surface area contributed by atoms with Gasteiger partial charge in [-0.2, -0.15) is 0 Å². The van der Waals surface area contributed by atoms with Crippen molar-refractivity contribution in [1.29, 1.82) is 0 Å². The fourth-order valence-electron chi connectivity index (χ4n) is 1.70. The topological polar surface area (TPSA) is 89.9 Å². The molecule has 1 unspecified atom stereocenters. The minimum absolute atomic E-state index is 0.0479. The molecular formula is C15H18O6. The number of hydrogen-bond donors (Lipinski definition) is 1. The highest BCUT2D eigenvalue weighted by molar-refractivity contribution is 6.02. The van der Waals surface area contributed by atoms with E-state index in [1.54, 1.807) is 19.9 Å². The summed E-state index contributed by atoms with van der Waals surface area (Å²) in [5.41, 5.74) is -1.14. The van der Waals surface area contributed by atoms with Crippen LogP contribution in [0.5, 0.6) is 0 Å². The lowest BCUT2D eigenvalue weighted by molar-refractivity contribution is -0.154. The summed E-state index contributed by atoms with van der Waals surface area (Å²) in [6.45, 7) is 3.22. The number of esters is 2. The Kier molecular flexibility index (Phi) is 5.46. The molecule has 0 fully saturated rings. The van der Waals surface area contributed by atoms with E-state index in [1.807, 2.05) is 0 Å². The van der Waals surface area contributed by atoms with Crippen molar-refractivity contribution >= 4 is 17.9 Å². The molecule has 0 radical (unpaired) electrons. The average Bonchev–Trinajstić information content (AvgIpc) is 2.51. The molecule has 6 nitrogen and oxygen atoms in total. The number of carbonyl (C=O) groups is 3. The Balaban J connectivity index is 2.88. The average molecular weight is 294 g/mol. The molecule has 1 aromatic carbocycles. The zero-order valence-electron chi connectivity index (χ0n) is 12.2. The van der Waals surface area contributed by atoms with Gasteiger partial charge >= 0.3 is 17.9 Å². The smallest absolute Gasteiger partial charge is 0.339 e. The zero-order valence-corrected chi connectivity index (χ0v) is 12.2. The second kappa shape index (κ2) is 6.88. The van der Waals surface area contributed by atoms with Crippen LogP contribution in [0.2, 0.25) is 0 Å². The lowest BCUT2D eigenvalue weighted by Crippen LogP contribution is -2.34. The highest BCUT2D eigenvalue weighted by Gasteiger charge is 2.34. The van der Waals surface area contributed by atoms with Crippen molar-refractivity contribution in [1.82, 2.24) is 0 Å². The van der Waals surface area contributed by atoms with Gasteiger partial charge in [0.25, 0.3) is 0 Å². The van der Waals surface area contributed by atoms with Crippen LogP contribution in [0.1, 0.15) is 41.0 Å². The molecule has 114 valence electrons. The van der Waals surface area contributed by atoms with Crippen LogP contribution in [0, 0.1) is 5.41 Å². The molecule has 1 rings (SSSR count). The molecule has 6 heteroatoms. The van der Waals surface area contributed by atoms with Crippen molar-refractivity contribution in [3.8, 4) is 0 Å². The summed E-state index contributed by atoms with van der Waals surface area (Å²) in [7, 11) is 1.26. The summed E-state index contributed by atoms with van der Waals surface area (Å²) in [6.07, 6.45) is 0.424. The van der Waals surface area contributed by atoms with Crippen LogP contribution in [0.3, 0.4) is 0 Å². The van der Waals surface area contributed by atoms with Crippen LogP contribution < -0.4 is 0 Å². The molecule has 21 heavy (non-hydrogen) atoms. The molecule has 1 atom stereocenters. The van der Waals surface area contributed by atoms with E-state index in [4.69, 9.17) is 9.84 Å². The molecular weight excluding hydrogens is 276 g/mol. The monoisotopic (exact) mass is 294 g/mol. The molecule has 1 aromatic rings. The molecule has 0 saturated carbocycles. The quantitative estimate of drug-likeness (QED) is 0.808. The van der Waals surface area contributed by atoms with Crippen molar-refractivity contribution in [2.75, 3.05) is 13.7 Å². The van der Waals surface area contributed by atoms with Gasteiger partial charge in [-0.25, -0.2) is 9.59 Å². The van der Waals surface area contributed by atoms with Gasteiger partial charge in [0.05, 0.1) is 23.7 Å².